The van der Waals surface area contributed by atoms with E-state index in [9.17, 15) is 8.78 Å². The SMILES string of the molecule is Fc1ccc(OC[C@H]2CCCN2)c(F)c1. The van der Waals surface area contributed by atoms with Gasteiger partial charge in [-0.15, -0.1) is 0 Å². The van der Waals surface area contributed by atoms with Crippen LogP contribution in [0.2, 0.25) is 0 Å². The molecule has 1 aromatic carbocycles. The summed E-state index contributed by atoms with van der Waals surface area (Å²) in [5, 5.41) is 3.24. The van der Waals surface area contributed by atoms with Crippen molar-refractivity contribution < 1.29 is 13.5 Å². The van der Waals surface area contributed by atoms with Crippen molar-refractivity contribution in [3.8, 4) is 5.75 Å². The van der Waals surface area contributed by atoms with Gasteiger partial charge in [-0.25, -0.2) is 8.78 Å². The van der Waals surface area contributed by atoms with E-state index >= 15 is 0 Å². The molecule has 1 N–H and O–H groups in total. The molecular weight excluding hydrogens is 200 g/mol. The molecule has 1 saturated heterocycles. The van der Waals surface area contributed by atoms with Crippen LogP contribution in [-0.2, 0) is 0 Å². The van der Waals surface area contributed by atoms with E-state index in [1.165, 1.54) is 12.1 Å². The summed E-state index contributed by atoms with van der Waals surface area (Å²) in [4.78, 5) is 0. The van der Waals surface area contributed by atoms with Crippen LogP contribution in [0.4, 0.5) is 8.78 Å². The van der Waals surface area contributed by atoms with E-state index in [2.05, 4.69) is 5.32 Å². The highest BCUT2D eigenvalue weighted by Crippen LogP contribution is 2.18. The average molecular weight is 213 g/mol. The van der Waals surface area contributed by atoms with Crippen molar-refractivity contribution in [1.82, 2.24) is 5.32 Å². The first-order valence-corrected chi connectivity index (χ1v) is 5.07. The van der Waals surface area contributed by atoms with Gasteiger partial charge in [-0.2, -0.15) is 0 Å². The molecule has 1 aliphatic heterocycles. The second-order valence-corrected chi connectivity index (χ2v) is 3.68. The third-order valence-electron chi connectivity index (χ3n) is 2.50. The Balaban J connectivity index is 1.92. The lowest BCUT2D eigenvalue weighted by Crippen LogP contribution is -2.28. The number of hydrogen-bond donors (Lipinski definition) is 1. The van der Waals surface area contributed by atoms with Crippen molar-refractivity contribution >= 4 is 0 Å². The van der Waals surface area contributed by atoms with Crippen molar-refractivity contribution in [2.45, 2.75) is 18.9 Å². The van der Waals surface area contributed by atoms with Crippen LogP contribution in [0.5, 0.6) is 5.75 Å². The van der Waals surface area contributed by atoms with Crippen molar-refractivity contribution in [2.75, 3.05) is 13.2 Å². The maximum absolute atomic E-state index is 13.1. The maximum atomic E-state index is 13.1. The third-order valence-corrected chi connectivity index (χ3v) is 2.50. The third kappa shape index (κ3) is 2.65. The largest absolute Gasteiger partial charge is 0.489 e. The molecule has 0 saturated carbocycles. The molecule has 1 atom stereocenters. The Labute approximate surface area is 87.2 Å². The number of nitrogens with one attached hydrogen (secondary N) is 1. The fourth-order valence-corrected chi connectivity index (χ4v) is 1.68. The zero-order valence-electron chi connectivity index (χ0n) is 8.30. The molecular formula is C11H13F2NO. The van der Waals surface area contributed by atoms with Gasteiger partial charge in [-0.05, 0) is 31.5 Å². The van der Waals surface area contributed by atoms with Crippen LogP contribution < -0.4 is 10.1 Å². The van der Waals surface area contributed by atoms with Gasteiger partial charge in [0, 0.05) is 12.1 Å². The molecule has 4 heteroatoms. The van der Waals surface area contributed by atoms with Gasteiger partial charge in [0.05, 0.1) is 0 Å². The molecule has 1 aliphatic rings. The number of benzene rings is 1. The predicted molar refractivity (Wildman–Crippen MR) is 52.9 cm³/mol. The lowest BCUT2D eigenvalue weighted by Gasteiger charge is -2.12. The van der Waals surface area contributed by atoms with Gasteiger partial charge in [-0.1, -0.05) is 0 Å². The van der Waals surface area contributed by atoms with Gasteiger partial charge in [-0.3, -0.25) is 0 Å². The average Bonchev–Trinajstić information content (AvgIpc) is 2.69. The molecule has 2 rings (SSSR count). The van der Waals surface area contributed by atoms with Gasteiger partial charge < -0.3 is 10.1 Å². The lowest BCUT2D eigenvalue weighted by molar-refractivity contribution is 0.265. The van der Waals surface area contributed by atoms with Crippen LogP contribution >= 0.6 is 0 Å². The Hall–Kier alpha value is -1.16. The zero-order valence-corrected chi connectivity index (χ0v) is 8.30. The van der Waals surface area contributed by atoms with Crippen molar-refractivity contribution in [1.29, 1.82) is 0 Å². The molecule has 1 fully saturated rings. The second kappa shape index (κ2) is 4.57. The fourth-order valence-electron chi connectivity index (χ4n) is 1.68. The first kappa shape index (κ1) is 10.4. The summed E-state index contributed by atoms with van der Waals surface area (Å²) in [7, 11) is 0. The summed E-state index contributed by atoms with van der Waals surface area (Å²) >= 11 is 0. The molecule has 0 radical (unpaired) electrons. The van der Waals surface area contributed by atoms with E-state index in [0.29, 0.717) is 6.61 Å². The van der Waals surface area contributed by atoms with E-state index in [0.717, 1.165) is 25.5 Å². The molecule has 0 amide bonds. The summed E-state index contributed by atoms with van der Waals surface area (Å²) in [6.45, 7) is 1.42. The van der Waals surface area contributed by atoms with Crippen molar-refractivity contribution in [3.63, 3.8) is 0 Å². The summed E-state index contributed by atoms with van der Waals surface area (Å²) in [5.74, 6) is -1.11. The first-order valence-electron chi connectivity index (χ1n) is 5.07. The highest BCUT2D eigenvalue weighted by atomic mass is 19.1. The molecule has 82 valence electrons. The van der Waals surface area contributed by atoms with Crippen molar-refractivity contribution in [3.05, 3.63) is 29.8 Å². The number of halogens is 2. The van der Waals surface area contributed by atoms with Gasteiger partial charge in [0.25, 0.3) is 0 Å². The molecule has 0 bridgehead atoms. The van der Waals surface area contributed by atoms with E-state index in [1.807, 2.05) is 0 Å². The van der Waals surface area contributed by atoms with Gasteiger partial charge in [0.1, 0.15) is 12.4 Å². The Morgan fingerprint density at radius 3 is 2.93 bits per heavy atom. The van der Waals surface area contributed by atoms with Gasteiger partial charge in [0.2, 0.25) is 0 Å². The number of hydrogen-bond acceptors (Lipinski definition) is 2. The lowest BCUT2D eigenvalue weighted by atomic mass is 10.2. The second-order valence-electron chi connectivity index (χ2n) is 3.68. The zero-order chi connectivity index (χ0) is 10.7. The minimum Gasteiger partial charge on any atom is -0.489 e. The monoisotopic (exact) mass is 213 g/mol. The highest BCUT2D eigenvalue weighted by Gasteiger charge is 2.15. The van der Waals surface area contributed by atoms with Crippen LogP contribution in [0, 0.1) is 11.6 Å². The molecule has 1 aromatic rings. The van der Waals surface area contributed by atoms with E-state index in [1.54, 1.807) is 0 Å². The summed E-state index contributed by atoms with van der Waals surface area (Å²) in [6.07, 6.45) is 2.17. The summed E-state index contributed by atoms with van der Waals surface area (Å²) < 4.78 is 31.0. The Morgan fingerprint density at radius 1 is 1.40 bits per heavy atom. The van der Waals surface area contributed by atoms with E-state index in [-0.39, 0.29) is 11.8 Å². The van der Waals surface area contributed by atoms with Crippen LogP contribution in [0.25, 0.3) is 0 Å². The quantitative estimate of drug-likeness (QED) is 0.830. The first-order chi connectivity index (χ1) is 7.25. The Bertz CT molecular complexity index is 337. The normalized spacial score (nSPS) is 20.5. The molecule has 0 unspecified atom stereocenters. The van der Waals surface area contributed by atoms with E-state index < -0.39 is 11.6 Å². The topological polar surface area (TPSA) is 21.3 Å². The number of ether oxygens (including phenoxy) is 1. The molecule has 0 spiro atoms. The van der Waals surface area contributed by atoms with Crippen LogP contribution in [0.15, 0.2) is 18.2 Å². The van der Waals surface area contributed by atoms with Crippen LogP contribution in [0.1, 0.15) is 12.8 Å². The summed E-state index contributed by atoms with van der Waals surface area (Å²) in [5.41, 5.74) is 0. The van der Waals surface area contributed by atoms with Gasteiger partial charge >= 0.3 is 0 Å². The van der Waals surface area contributed by atoms with Gasteiger partial charge in [0.15, 0.2) is 11.6 Å². The van der Waals surface area contributed by atoms with Crippen molar-refractivity contribution in [2.24, 2.45) is 0 Å². The number of rotatable bonds is 3. The summed E-state index contributed by atoms with van der Waals surface area (Å²) in [6, 6.07) is 3.63. The molecule has 1 heterocycles. The molecule has 0 aromatic heterocycles. The predicted octanol–water partition coefficient (Wildman–Crippen LogP) is 2.10. The highest BCUT2D eigenvalue weighted by molar-refractivity contribution is 5.24. The minimum absolute atomic E-state index is 0.116. The smallest absolute Gasteiger partial charge is 0.167 e. The molecule has 0 aliphatic carbocycles. The van der Waals surface area contributed by atoms with E-state index in [4.69, 9.17) is 4.74 Å². The molecule has 15 heavy (non-hydrogen) atoms. The fraction of sp³-hybridized carbons (Fsp3) is 0.455. The van der Waals surface area contributed by atoms with Crippen LogP contribution in [0.3, 0.4) is 0 Å². The Morgan fingerprint density at radius 2 is 2.27 bits per heavy atom. The Kier molecular flexibility index (Phi) is 3.16. The minimum atomic E-state index is -0.645. The standard InChI is InChI=1S/C11H13F2NO/c12-8-3-4-11(10(13)6-8)15-7-9-2-1-5-14-9/h3-4,6,9,14H,1-2,5,7H2/t9-/m1/s1. The maximum Gasteiger partial charge on any atom is 0.167 e. The molecule has 2 nitrogen and oxygen atoms in total. The van der Waals surface area contributed by atoms with Crippen LogP contribution in [-0.4, -0.2) is 19.2 Å².